The predicted molar refractivity (Wildman–Crippen MR) is 97.8 cm³/mol. The van der Waals surface area contributed by atoms with Crippen molar-refractivity contribution < 1.29 is 18.6 Å². The zero-order valence-electron chi connectivity index (χ0n) is 15.9. The van der Waals surface area contributed by atoms with Crippen LogP contribution in [-0.4, -0.2) is 50.0 Å². The Morgan fingerprint density at radius 3 is 2.77 bits per heavy atom. The van der Waals surface area contributed by atoms with Crippen LogP contribution in [0.5, 0.6) is 5.75 Å². The first-order valence-corrected chi connectivity index (χ1v) is 9.87. The zero-order chi connectivity index (χ0) is 18.1. The van der Waals surface area contributed by atoms with E-state index in [2.05, 4.69) is 4.90 Å². The number of fused-ring (bicyclic) bond motifs is 1. The van der Waals surface area contributed by atoms with Gasteiger partial charge in [-0.2, -0.15) is 0 Å². The molecule has 0 amide bonds. The lowest BCUT2D eigenvalue weighted by Crippen LogP contribution is -2.51. The molecule has 1 aromatic carbocycles. The Morgan fingerprint density at radius 2 is 2.04 bits per heavy atom. The van der Waals surface area contributed by atoms with E-state index in [1.807, 2.05) is 13.2 Å². The van der Waals surface area contributed by atoms with Crippen molar-refractivity contribution in [3.05, 3.63) is 29.6 Å². The third-order valence-corrected chi connectivity index (χ3v) is 6.54. The maximum Gasteiger partial charge on any atom is 0.126 e. The van der Waals surface area contributed by atoms with E-state index in [-0.39, 0.29) is 11.4 Å². The molecule has 5 heteroatoms. The molecule has 1 aromatic rings. The number of nitrogens with zero attached hydrogens (tertiary/aromatic N) is 1. The molecule has 3 aliphatic rings. The molecule has 2 aliphatic carbocycles. The molecule has 0 spiro atoms. The first kappa shape index (κ1) is 18.2. The van der Waals surface area contributed by atoms with Crippen LogP contribution in [0.4, 0.5) is 4.39 Å². The maximum absolute atomic E-state index is 13.5. The van der Waals surface area contributed by atoms with Gasteiger partial charge < -0.3 is 14.2 Å². The molecule has 1 aliphatic heterocycles. The fourth-order valence-electron chi connectivity index (χ4n) is 4.72. The number of likely N-dealkylation sites (tertiary alicyclic amines) is 1. The van der Waals surface area contributed by atoms with E-state index < -0.39 is 0 Å². The monoisotopic (exact) mass is 363 g/mol. The van der Waals surface area contributed by atoms with Crippen LogP contribution in [0, 0.1) is 11.7 Å². The van der Waals surface area contributed by atoms with E-state index in [0.29, 0.717) is 17.9 Å². The van der Waals surface area contributed by atoms with E-state index in [1.54, 1.807) is 7.11 Å². The first-order valence-electron chi connectivity index (χ1n) is 9.87. The quantitative estimate of drug-likeness (QED) is 0.738. The topological polar surface area (TPSA) is 30.9 Å². The van der Waals surface area contributed by atoms with Crippen LogP contribution in [0.3, 0.4) is 0 Å². The van der Waals surface area contributed by atoms with Crippen molar-refractivity contribution >= 4 is 0 Å². The lowest BCUT2D eigenvalue weighted by molar-refractivity contribution is -0.103. The van der Waals surface area contributed by atoms with Crippen molar-refractivity contribution in [1.82, 2.24) is 4.90 Å². The van der Waals surface area contributed by atoms with E-state index in [9.17, 15) is 4.39 Å². The summed E-state index contributed by atoms with van der Waals surface area (Å²) >= 11 is 0. The molecule has 0 N–H and O–H groups in total. The van der Waals surface area contributed by atoms with Crippen LogP contribution in [-0.2, 0) is 16.0 Å². The molecule has 3 fully saturated rings. The number of hydrogen-bond donors (Lipinski definition) is 0. The Kier molecular flexibility index (Phi) is 5.22. The molecule has 26 heavy (non-hydrogen) atoms. The molecule has 3 atom stereocenters. The number of hydrogen-bond acceptors (Lipinski definition) is 4. The number of rotatable bonds is 7. The Hall–Kier alpha value is -1.17. The average Bonchev–Trinajstić information content (AvgIpc) is 3.43. The summed E-state index contributed by atoms with van der Waals surface area (Å²) in [7, 11) is 3.45. The summed E-state index contributed by atoms with van der Waals surface area (Å²) in [5.41, 5.74) is 0.967. The van der Waals surface area contributed by atoms with Crippen molar-refractivity contribution in [2.75, 3.05) is 27.4 Å². The van der Waals surface area contributed by atoms with Gasteiger partial charge in [-0.05, 0) is 50.5 Å². The summed E-state index contributed by atoms with van der Waals surface area (Å²) < 4.78 is 31.2. The zero-order valence-corrected chi connectivity index (χ0v) is 15.9. The highest BCUT2D eigenvalue weighted by Crippen LogP contribution is 2.44. The molecule has 4 rings (SSSR count). The largest absolute Gasteiger partial charge is 0.496 e. The molecule has 0 unspecified atom stereocenters. The van der Waals surface area contributed by atoms with Crippen LogP contribution in [0.15, 0.2) is 18.2 Å². The van der Waals surface area contributed by atoms with Crippen molar-refractivity contribution in [3.63, 3.8) is 0 Å². The minimum atomic E-state index is -0.260. The van der Waals surface area contributed by atoms with Gasteiger partial charge in [-0.1, -0.05) is 6.07 Å². The molecule has 144 valence electrons. The second-order valence-corrected chi connectivity index (χ2v) is 8.13. The summed E-state index contributed by atoms with van der Waals surface area (Å²) in [5, 5.41) is 0. The third kappa shape index (κ3) is 3.62. The van der Waals surface area contributed by atoms with Gasteiger partial charge in [0.05, 0.1) is 18.8 Å². The standard InChI is InChI=1S/C21H30FNO3/c1-24-19-11-17(22)6-5-16(19)13-23-10-9-21(25-2)8-7-18(12-20(21)23)26-14-15-3-4-15/h5-6,11,15,18,20H,3-4,7-10,12-14H2,1-2H3/t18-,20+,21-/m1/s1. The number of benzene rings is 1. The molecule has 2 saturated carbocycles. The average molecular weight is 363 g/mol. The summed E-state index contributed by atoms with van der Waals surface area (Å²) in [6, 6.07) is 5.17. The van der Waals surface area contributed by atoms with Crippen LogP contribution < -0.4 is 4.74 Å². The van der Waals surface area contributed by atoms with Crippen LogP contribution in [0.2, 0.25) is 0 Å². The lowest BCUT2D eigenvalue weighted by atomic mass is 9.79. The highest BCUT2D eigenvalue weighted by molar-refractivity contribution is 5.34. The van der Waals surface area contributed by atoms with E-state index in [1.165, 1.54) is 25.0 Å². The second-order valence-electron chi connectivity index (χ2n) is 8.13. The van der Waals surface area contributed by atoms with Gasteiger partial charge >= 0.3 is 0 Å². The van der Waals surface area contributed by atoms with Crippen LogP contribution >= 0.6 is 0 Å². The van der Waals surface area contributed by atoms with E-state index >= 15 is 0 Å². The smallest absolute Gasteiger partial charge is 0.126 e. The highest BCUT2D eigenvalue weighted by atomic mass is 19.1. The number of methoxy groups -OCH3 is 2. The molecule has 1 saturated heterocycles. The SMILES string of the molecule is COc1cc(F)ccc1CN1CC[C@]2(OC)CC[C@@H](OCC3CC3)C[C@H]12. The fourth-order valence-corrected chi connectivity index (χ4v) is 4.72. The van der Waals surface area contributed by atoms with Crippen molar-refractivity contribution in [1.29, 1.82) is 0 Å². The van der Waals surface area contributed by atoms with Crippen LogP contribution in [0.25, 0.3) is 0 Å². The molecular formula is C21H30FNO3. The van der Waals surface area contributed by atoms with Gasteiger partial charge in [0.1, 0.15) is 11.6 Å². The van der Waals surface area contributed by atoms with Gasteiger partial charge in [-0.25, -0.2) is 4.39 Å². The lowest BCUT2D eigenvalue weighted by Gasteiger charge is -2.43. The Bertz CT molecular complexity index is 636. The maximum atomic E-state index is 13.5. The minimum absolute atomic E-state index is 0.0628. The van der Waals surface area contributed by atoms with Gasteiger partial charge in [0.2, 0.25) is 0 Å². The first-order chi connectivity index (χ1) is 12.6. The van der Waals surface area contributed by atoms with Gasteiger partial charge in [0.15, 0.2) is 0 Å². The fraction of sp³-hybridized carbons (Fsp3) is 0.714. The molecule has 4 nitrogen and oxygen atoms in total. The Balaban J connectivity index is 1.47. The second kappa shape index (κ2) is 7.45. The molecule has 0 radical (unpaired) electrons. The number of halogens is 1. The van der Waals surface area contributed by atoms with E-state index in [0.717, 1.165) is 56.9 Å². The van der Waals surface area contributed by atoms with Crippen molar-refractivity contribution in [2.45, 2.75) is 62.8 Å². The third-order valence-electron chi connectivity index (χ3n) is 6.54. The number of ether oxygens (including phenoxy) is 3. The summed E-state index contributed by atoms with van der Waals surface area (Å²) in [5.74, 6) is 1.16. The van der Waals surface area contributed by atoms with Gasteiger partial charge in [-0.3, -0.25) is 4.90 Å². The highest BCUT2D eigenvalue weighted by Gasteiger charge is 2.51. The van der Waals surface area contributed by atoms with Gasteiger partial charge in [0.25, 0.3) is 0 Å². The van der Waals surface area contributed by atoms with Crippen molar-refractivity contribution in [3.8, 4) is 5.75 Å². The normalized spacial score (nSPS) is 31.8. The Morgan fingerprint density at radius 1 is 1.19 bits per heavy atom. The summed E-state index contributed by atoms with van der Waals surface area (Å²) in [4.78, 5) is 2.48. The predicted octanol–water partition coefficient (Wildman–Crippen LogP) is 3.77. The molecular weight excluding hydrogens is 333 g/mol. The summed E-state index contributed by atoms with van der Waals surface area (Å²) in [6.07, 6.45) is 7.20. The minimum Gasteiger partial charge on any atom is -0.496 e. The van der Waals surface area contributed by atoms with Crippen molar-refractivity contribution in [2.24, 2.45) is 5.92 Å². The van der Waals surface area contributed by atoms with Gasteiger partial charge in [-0.15, -0.1) is 0 Å². The van der Waals surface area contributed by atoms with Gasteiger partial charge in [0, 0.05) is 44.5 Å². The Labute approximate surface area is 155 Å². The molecule has 0 bridgehead atoms. The van der Waals surface area contributed by atoms with E-state index in [4.69, 9.17) is 14.2 Å². The molecule has 1 heterocycles. The summed E-state index contributed by atoms with van der Waals surface area (Å²) in [6.45, 7) is 2.67. The van der Waals surface area contributed by atoms with Crippen LogP contribution in [0.1, 0.15) is 44.1 Å². The molecule has 0 aromatic heterocycles.